The van der Waals surface area contributed by atoms with Crippen LogP contribution in [0.1, 0.15) is 26.3 Å². The van der Waals surface area contributed by atoms with E-state index < -0.39 is 0 Å². The molecular weight excluding hydrogens is 329 g/mol. The van der Waals surface area contributed by atoms with E-state index in [1.807, 2.05) is 11.8 Å². The van der Waals surface area contributed by atoms with Gasteiger partial charge in [0.25, 0.3) is 0 Å². The van der Waals surface area contributed by atoms with E-state index in [4.69, 9.17) is 5.73 Å². The molecule has 0 radical (unpaired) electrons. The maximum atomic E-state index is 6.13. The lowest BCUT2D eigenvalue weighted by Gasteiger charge is -2.20. The van der Waals surface area contributed by atoms with Gasteiger partial charge in [0.1, 0.15) is 0 Å². The van der Waals surface area contributed by atoms with Crippen LogP contribution in [-0.2, 0) is 6.42 Å². The van der Waals surface area contributed by atoms with Crippen molar-refractivity contribution in [3.05, 3.63) is 33.4 Å². The molecule has 0 saturated carbocycles. The summed E-state index contributed by atoms with van der Waals surface area (Å²) in [5.74, 6) is 1.02. The van der Waals surface area contributed by atoms with Gasteiger partial charge in [-0.2, -0.15) is 11.8 Å². The van der Waals surface area contributed by atoms with Crippen LogP contribution in [0.2, 0.25) is 0 Å². The monoisotopic (exact) mass is 349 g/mol. The van der Waals surface area contributed by atoms with Crippen molar-refractivity contribution in [3.63, 3.8) is 0 Å². The van der Waals surface area contributed by atoms with Gasteiger partial charge in [0.2, 0.25) is 0 Å². The molecule has 1 unspecified atom stereocenters. The van der Waals surface area contributed by atoms with E-state index in [2.05, 4.69) is 67.6 Å². The molecule has 1 rings (SSSR count). The molecule has 0 spiro atoms. The van der Waals surface area contributed by atoms with Gasteiger partial charge in [-0.05, 0) is 46.7 Å². The fraction of sp³-hybridized carbons (Fsp3) is 0.538. The largest absolute Gasteiger partial charge is 0.327 e. The van der Waals surface area contributed by atoms with Crippen molar-refractivity contribution >= 4 is 34.4 Å². The van der Waals surface area contributed by atoms with Gasteiger partial charge < -0.3 is 5.73 Å². The number of hydrogen-bond acceptors (Lipinski definition) is 2. The molecule has 16 heavy (non-hydrogen) atoms. The van der Waals surface area contributed by atoms with Crippen molar-refractivity contribution in [1.82, 2.24) is 0 Å². The second-order valence-corrected chi connectivity index (χ2v) is 8.11. The van der Waals surface area contributed by atoms with Crippen LogP contribution in [0, 0.1) is 3.57 Å². The quantitative estimate of drug-likeness (QED) is 0.839. The van der Waals surface area contributed by atoms with Crippen LogP contribution >= 0.6 is 34.4 Å². The van der Waals surface area contributed by atoms with Crippen molar-refractivity contribution in [3.8, 4) is 0 Å². The Morgan fingerprint density at radius 2 is 1.81 bits per heavy atom. The van der Waals surface area contributed by atoms with Gasteiger partial charge in [0.15, 0.2) is 0 Å². The predicted molar refractivity (Wildman–Crippen MR) is 83.0 cm³/mol. The zero-order valence-corrected chi connectivity index (χ0v) is 13.1. The highest BCUT2D eigenvalue weighted by atomic mass is 127. The molecule has 2 N–H and O–H groups in total. The molecule has 0 amide bonds. The highest BCUT2D eigenvalue weighted by Gasteiger charge is 2.13. The molecule has 0 saturated heterocycles. The van der Waals surface area contributed by atoms with Gasteiger partial charge in [-0.15, -0.1) is 0 Å². The van der Waals surface area contributed by atoms with Crippen molar-refractivity contribution < 1.29 is 0 Å². The summed E-state index contributed by atoms with van der Waals surface area (Å²) in [6.45, 7) is 6.69. The number of benzene rings is 1. The Morgan fingerprint density at radius 3 is 2.31 bits per heavy atom. The van der Waals surface area contributed by atoms with E-state index in [0.717, 1.165) is 12.2 Å². The van der Waals surface area contributed by atoms with Crippen LogP contribution in [0.3, 0.4) is 0 Å². The third-order valence-electron chi connectivity index (χ3n) is 2.14. The van der Waals surface area contributed by atoms with E-state index >= 15 is 0 Å². The van der Waals surface area contributed by atoms with Crippen LogP contribution in [0.4, 0.5) is 0 Å². The minimum absolute atomic E-state index is 0.254. The molecule has 1 aromatic rings. The summed E-state index contributed by atoms with van der Waals surface area (Å²) in [6, 6.07) is 8.87. The van der Waals surface area contributed by atoms with E-state index in [1.54, 1.807) is 0 Å². The number of hydrogen-bond donors (Lipinski definition) is 1. The van der Waals surface area contributed by atoms with Crippen LogP contribution in [0.5, 0.6) is 0 Å². The Hall–Kier alpha value is 0.260. The van der Waals surface area contributed by atoms with Crippen molar-refractivity contribution in [1.29, 1.82) is 0 Å². The first-order chi connectivity index (χ1) is 7.37. The lowest BCUT2D eigenvalue weighted by molar-refractivity contribution is 0.734. The van der Waals surface area contributed by atoms with E-state index in [-0.39, 0.29) is 6.04 Å². The summed E-state index contributed by atoms with van der Waals surface area (Å²) in [6.07, 6.45) is 0.972. The molecule has 0 fully saturated rings. The van der Waals surface area contributed by atoms with Crippen molar-refractivity contribution in [2.75, 3.05) is 5.75 Å². The molecule has 0 aromatic heterocycles. The maximum absolute atomic E-state index is 6.13. The van der Waals surface area contributed by atoms with Gasteiger partial charge in [-0.3, -0.25) is 0 Å². The molecule has 0 aliphatic carbocycles. The Bertz CT molecular complexity index is 316. The molecular formula is C13H20INS. The summed E-state index contributed by atoms with van der Waals surface area (Å²) in [4.78, 5) is 0. The van der Waals surface area contributed by atoms with Crippen molar-refractivity contribution in [2.24, 2.45) is 5.73 Å². The molecule has 0 bridgehead atoms. The standard InChI is InChI=1S/C13H20INS/c1-13(2,3)16-9-12(15)8-10-4-6-11(14)7-5-10/h4-7,12H,8-9,15H2,1-3H3. The summed E-state index contributed by atoms with van der Waals surface area (Å²) < 4.78 is 1.59. The van der Waals surface area contributed by atoms with Crippen LogP contribution in [0.25, 0.3) is 0 Å². The molecule has 0 aliphatic rings. The predicted octanol–water partition coefficient (Wildman–Crippen LogP) is 3.69. The highest BCUT2D eigenvalue weighted by molar-refractivity contribution is 14.1. The van der Waals surface area contributed by atoms with Crippen LogP contribution in [-0.4, -0.2) is 16.5 Å². The lowest BCUT2D eigenvalue weighted by atomic mass is 10.1. The molecule has 90 valence electrons. The zero-order valence-electron chi connectivity index (χ0n) is 10.2. The maximum Gasteiger partial charge on any atom is 0.0171 e. The normalized spacial score (nSPS) is 13.8. The first-order valence-electron chi connectivity index (χ1n) is 5.51. The van der Waals surface area contributed by atoms with Crippen molar-refractivity contribution in [2.45, 2.75) is 38.0 Å². The highest BCUT2D eigenvalue weighted by Crippen LogP contribution is 2.24. The van der Waals surface area contributed by atoms with Gasteiger partial charge in [-0.25, -0.2) is 0 Å². The SMILES string of the molecule is CC(C)(C)SCC(N)Cc1ccc(I)cc1. The molecule has 1 nitrogen and oxygen atoms in total. The van der Waals surface area contributed by atoms with Crippen LogP contribution < -0.4 is 5.73 Å². The average molecular weight is 349 g/mol. The topological polar surface area (TPSA) is 26.0 Å². The number of halogens is 1. The third-order valence-corrected chi connectivity index (χ3v) is 4.32. The zero-order chi connectivity index (χ0) is 12.2. The van der Waals surface area contributed by atoms with Gasteiger partial charge >= 0.3 is 0 Å². The molecule has 1 aromatic carbocycles. The fourth-order valence-corrected chi connectivity index (χ4v) is 2.53. The number of rotatable bonds is 4. The second-order valence-electron chi connectivity index (χ2n) is 5.01. The summed E-state index contributed by atoms with van der Waals surface area (Å²) in [5, 5.41) is 0. The lowest BCUT2D eigenvalue weighted by Crippen LogP contribution is -2.27. The minimum atomic E-state index is 0.254. The number of thioether (sulfide) groups is 1. The Balaban J connectivity index is 2.39. The summed E-state index contributed by atoms with van der Waals surface area (Å²) in [5.41, 5.74) is 7.46. The Kier molecular flexibility index (Phi) is 5.61. The first kappa shape index (κ1) is 14.3. The summed E-state index contributed by atoms with van der Waals surface area (Å²) in [7, 11) is 0. The summed E-state index contributed by atoms with van der Waals surface area (Å²) >= 11 is 4.26. The van der Waals surface area contributed by atoms with E-state index in [9.17, 15) is 0 Å². The van der Waals surface area contributed by atoms with E-state index in [0.29, 0.717) is 4.75 Å². The second kappa shape index (κ2) is 6.26. The molecule has 3 heteroatoms. The minimum Gasteiger partial charge on any atom is -0.327 e. The van der Waals surface area contributed by atoms with E-state index in [1.165, 1.54) is 9.13 Å². The van der Waals surface area contributed by atoms with Gasteiger partial charge in [0, 0.05) is 20.1 Å². The average Bonchev–Trinajstić information content (AvgIpc) is 2.18. The number of nitrogens with two attached hydrogens (primary N) is 1. The van der Waals surface area contributed by atoms with Gasteiger partial charge in [-0.1, -0.05) is 32.9 Å². The smallest absolute Gasteiger partial charge is 0.0171 e. The Labute approximate surface area is 117 Å². The third kappa shape index (κ3) is 6.11. The first-order valence-corrected chi connectivity index (χ1v) is 7.57. The fourth-order valence-electron chi connectivity index (χ4n) is 1.34. The molecule has 0 heterocycles. The molecule has 1 atom stereocenters. The van der Waals surface area contributed by atoms with Gasteiger partial charge in [0.05, 0.1) is 0 Å². The van der Waals surface area contributed by atoms with Crippen LogP contribution in [0.15, 0.2) is 24.3 Å². The Morgan fingerprint density at radius 1 is 1.25 bits per heavy atom. The molecule has 0 aliphatic heterocycles.